The summed E-state index contributed by atoms with van der Waals surface area (Å²) in [6.45, 7) is 3.28. The van der Waals surface area contributed by atoms with Gasteiger partial charge < -0.3 is 15.0 Å². The minimum Gasteiger partial charge on any atom is -0.497 e. The smallest absolute Gasteiger partial charge is 0.244 e. The van der Waals surface area contributed by atoms with Crippen LogP contribution in [-0.2, 0) is 26.2 Å². The number of carbonyl (C=O) groups excluding carboxylic acids is 2. The molecule has 0 unspecified atom stereocenters. The van der Waals surface area contributed by atoms with Gasteiger partial charge in [0, 0.05) is 19.2 Å². The van der Waals surface area contributed by atoms with Crippen molar-refractivity contribution < 1.29 is 31.5 Å². The van der Waals surface area contributed by atoms with Gasteiger partial charge in [0.05, 0.1) is 19.1 Å². The number of sulfonamides is 1. The summed E-state index contributed by atoms with van der Waals surface area (Å²) in [6, 6.07) is 8.50. The highest BCUT2D eigenvalue weighted by Gasteiger charge is 2.30. The maximum absolute atomic E-state index is 13.8. The van der Waals surface area contributed by atoms with Crippen molar-refractivity contribution in [3.05, 3.63) is 59.7 Å². The van der Waals surface area contributed by atoms with E-state index >= 15 is 0 Å². The number of rotatable bonds is 12. The zero-order valence-corrected chi connectivity index (χ0v) is 21.1. The molecule has 0 aromatic heterocycles. The topological polar surface area (TPSA) is 96.0 Å². The van der Waals surface area contributed by atoms with E-state index in [1.54, 1.807) is 31.2 Å². The molecule has 8 nitrogen and oxygen atoms in total. The number of hydrogen-bond acceptors (Lipinski definition) is 5. The average Bonchev–Trinajstić information content (AvgIpc) is 2.82. The number of anilines is 1. The molecule has 0 spiro atoms. The van der Waals surface area contributed by atoms with Gasteiger partial charge >= 0.3 is 0 Å². The lowest BCUT2D eigenvalue weighted by Gasteiger charge is -2.31. The van der Waals surface area contributed by atoms with Crippen molar-refractivity contribution in [1.82, 2.24) is 10.2 Å². The molecule has 0 fully saturated rings. The van der Waals surface area contributed by atoms with Crippen molar-refractivity contribution in [1.29, 1.82) is 0 Å². The lowest BCUT2D eigenvalue weighted by Crippen LogP contribution is -2.51. The number of nitrogens with one attached hydrogen (secondary N) is 1. The van der Waals surface area contributed by atoms with Crippen molar-refractivity contribution in [3.63, 3.8) is 0 Å². The molecule has 0 radical (unpaired) electrons. The molecule has 0 bridgehead atoms. The molecule has 1 atom stereocenters. The van der Waals surface area contributed by atoms with Gasteiger partial charge in [0.1, 0.15) is 18.3 Å². The Labute approximate surface area is 204 Å². The third kappa shape index (κ3) is 7.91. The monoisotopic (exact) mass is 511 g/mol. The predicted octanol–water partition coefficient (Wildman–Crippen LogP) is 3.07. The molecule has 35 heavy (non-hydrogen) atoms. The van der Waals surface area contributed by atoms with Crippen LogP contribution >= 0.6 is 0 Å². The van der Waals surface area contributed by atoms with Crippen LogP contribution in [0.1, 0.15) is 32.3 Å². The molecule has 192 valence electrons. The van der Waals surface area contributed by atoms with Crippen molar-refractivity contribution in [2.75, 3.05) is 30.8 Å². The highest BCUT2D eigenvalue weighted by molar-refractivity contribution is 7.92. The first-order valence-electron chi connectivity index (χ1n) is 11.1. The van der Waals surface area contributed by atoms with Gasteiger partial charge in [0.15, 0.2) is 11.6 Å². The fourth-order valence-electron chi connectivity index (χ4n) is 3.30. The minimum absolute atomic E-state index is 0.0145. The van der Waals surface area contributed by atoms with Gasteiger partial charge in [-0.1, -0.05) is 25.5 Å². The summed E-state index contributed by atoms with van der Waals surface area (Å²) in [5.74, 6) is -2.86. The number of ether oxygens (including phenoxy) is 1. The molecule has 1 N–H and O–H groups in total. The van der Waals surface area contributed by atoms with Crippen LogP contribution in [0.25, 0.3) is 0 Å². The molecule has 0 heterocycles. The number of amides is 2. The summed E-state index contributed by atoms with van der Waals surface area (Å²) in [7, 11) is -2.52. The molecule has 0 saturated carbocycles. The third-order valence-corrected chi connectivity index (χ3v) is 6.52. The highest BCUT2D eigenvalue weighted by Crippen LogP contribution is 2.22. The largest absolute Gasteiger partial charge is 0.497 e. The van der Waals surface area contributed by atoms with E-state index in [4.69, 9.17) is 4.74 Å². The van der Waals surface area contributed by atoms with Gasteiger partial charge in [-0.25, -0.2) is 17.2 Å². The van der Waals surface area contributed by atoms with Crippen LogP contribution in [0.5, 0.6) is 5.75 Å². The predicted molar refractivity (Wildman–Crippen MR) is 129 cm³/mol. The number of methoxy groups -OCH3 is 1. The number of carbonyl (C=O) groups is 2. The van der Waals surface area contributed by atoms with E-state index in [-0.39, 0.29) is 18.1 Å². The fraction of sp³-hybridized carbons (Fsp3) is 0.417. The highest BCUT2D eigenvalue weighted by atomic mass is 32.2. The lowest BCUT2D eigenvalue weighted by molar-refractivity contribution is -0.139. The van der Waals surface area contributed by atoms with Crippen LogP contribution in [0.4, 0.5) is 14.5 Å². The minimum atomic E-state index is -4.04. The van der Waals surface area contributed by atoms with Crippen molar-refractivity contribution in [3.8, 4) is 5.75 Å². The molecule has 0 aliphatic carbocycles. The summed E-state index contributed by atoms with van der Waals surface area (Å²) < 4.78 is 57.9. The molecular weight excluding hydrogens is 480 g/mol. The van der Waals surface area contributed by atoms with Crippen LogP contribution < -0.4 is 14.4 Å². The van der Waals surface area contributed by atoms with E-state index in [1.807, 2.05) is 6.92 Å². The Balaban J connectivity index is 2.36. The van der Waals surface area contributed by atoms with Gasteiger partial charge in [-0.15, -0.1) is 0 Å². The molecule has 2 aromatic carbocycles. The van der Waals surface area contributed by atoms with Crippen LogP contribution in [0.15, 0.2) is 42.5 Å². The van der Waals surface area contributed by atoms with Crippen molar-refractivity contribution in [2.45, 2.75) is 39.3 Å². The van der Waals surface area contributed by atoms with Crippen LogP contribution in [0.2, 0.25) is 0 Å². The van der Waals surface area contributed by atoms with Gasteiger partial charge in [-0.05, 0) is 43.2 Å². The first-order chi connectivity index (χ1) is 16.5. The summed E-state index contributed by atoms with van der Waals surface area (Å²) in [6.07, 6.45) is 2.50. The summed E-state index contributed by atoms with van der Waals surface area (Å²) >= 11 is 0. The first-order valence-corrected chi connectivity index (χ1v) is 13.0. The van der Waals surface area contributed by atoms with Gasteiger partial charge in [0.2, 0.25) is 21.8 Å². The average molecular weight is 512 g/mol. The van der Waals surface area contributed by atoms with Gasteiger partial charge in [0.25, 0.3) is 0 Å². The fourth-order valence-corrected chi connectivity index (χ4v) is 4.14. The van der Waals surface area contributed by atoms with Crippen LogP contribution in [0.3, 0.4) is 0 Å². The Morgan fingerprint density at radius 1 is 1.09 bits per heavy atom. The quantitative estimate of drug-likeness (QED) is 0.442. The molecule has 0 aliphatic rings. The molecule has 0 aliphatic heterocycles. The Morgan fingerprint density at radius 3 is 2.29 bits per heavy atom. The SMILES string of the molecule is CCCCNC(=O)[C@@H](C)N(Cc1ccc(OC)cc1)C(=O)CN(c1ccc(F)c(F)c1)S(C)(=O)=O. The third-order valence-electron chi connectivity index (χ3n) is 5.38. The van der Waals surface area contributed by atoms with Crippen LogP contribution in [-0.4, -0.2) is 57.6 Å². The number of hydrogen-bond donors (Lipinski definition) is 1. The normalized spacial score (nSPS) is 12.1. The summed E-state index contributed by atoms with van der Waals surface area (Å²) in [4.78, 5) is 27.4. The number of nitrogens with zero attached hydrogens (tertiary/aromatic N) is 2. The molecule has 0 saturated heterocycles. The number of unbranched alkanes of at least 4 members (excludes halogenated alkanes) is 1. The van der Waals surface area contributed by atoms with Crippen LogP contribution in [0, 0.1) is 11.6 Å². The molecular formula is C24H31F2N3O5S. The molecule has 2 rings (SSSR count). The molecule has 2 amide bonds. The number of benzene rings is 2. The Hall–Kier alpha value is -3.21. The second-order valence-corrected chi connectivity index (χ2v) is 9.97. The van der Waals surface area contributed by atoms with E-state index in [2.05, 4.69) is 5.32 Å². The zero-order chi connectivity index (χ0) is 26.2. The van der Waals surface area contributed by atoms with Crippen molar-refractivity contribution in [2.24, 2.45) is 0 Å². The Kier molecular flexibility index (Phi) is 10.00. The number of halogens is 2. The first kappa shape index (κ1) is 28.0. The van der Waals surface area contributed by atoms with Crippen molar-refractivity contribution >= 4 is 27.5 Å². The summed E-state index contributed by atoms with van der Waals surface area (Å²) in [5, 5.41) is 2.78. The maximum Gasteiger partial charge on any atom is 0.244 e. The van der Waals surface area contributed by atoms with Gasteiger partial charge in [-0.3, -0.25) is 13.9 Å². The molecule has 2 aromatic rings. The standard InChI is InChI=1S/C24H31F2N3O5S/c1-5-6-13-27-24(31)17(2)28(15-18-7-10-20(34-3)11-8-18)23(30)16-29(35(4,32)33)19-9-12-21(25)22(26)14-19/h7-12,14,17H,5-6,13,15-16H2,1-4H3,(H,27,31)/t17-/m1/s1. The Bertz CT molecular complexity index is 1130. The van der Waals surface area contributed by atoms with E-state index in [1.165, 1.54) is 12.0 Å². The second kappa shape index (κ2) is 12.5. The summed E-state index contributed by atoms with van der Waals surface area (Å²) in [5.41, 5.74) is 0.482. The van der Waals surface area contributed by atoms with E-state index < -0.39 is 40.2 Å². The van der Waals surface area contributed by atoms with E-state index in [0.29, 0.717) is 28.2 Å². The maximum atomic E-state index is 13.8. The lowest BCUT2D eigenvalue weighted by atomic mass is 10.1. The van der Waals surface area contributed by atoms with Gasteiger partial charge in [-0.2, -0.15) is 0 Å². The van der Waals surface area contributed by atoms with E-state index in [9.17, 15) is 26.8 Å². The zero-order valence-electron chi connectivity index (χ0n) is 20.3. The molecule has 11 heteroatoms. The second-order valence-electron chi connectivity index (χ2n) is 8.06. The Morgan fingerprint density at radius 2 is 1.74 bits per heavy atom. The van der Waals surface area contributed by atoms with E-state index in [0.717, 1.165) is 31.2 Å².